The molecule has 0 bridgehead atoms. The minimum absolute atomic E-state index is 0.0244. The number of halogens is 1. The molecule has 0 N–H and O–H groups in total. The van der Waals surface area contributed by atoms with Crippen molar-refractivity contribution < 1.29 is 13.9 Å². The van der Waals surface area contributed by atoms with E-state index in [9.17, 15) is 9.18 Å². The predicted molar refractivity (Wildman–Crippen MR) is 94.8 cm³/mol. The Morgan fingerprint density at radius 1 is 1.04 bits per heavy atom. The van der Waals surface area contributed by atoms with Crippen LogP contribution in [0.1, 0.15) is 12.5 Å². The summed E-state index contributed by atoms with van der Waals surface area (Å²) >= 11 is 0. The van der Waals surface area contributed by atoms with Crippen molar-refractivity contribution in [2.45, 2.75) is 19.6 Å². The Balaban J connectivity index is 1.48. The first-order valence-electron chi connectivity index (χ1n) is 8.59. The van der Waals surface area contributed by atoms with Gasteiger partial charge in [-0.1, -0.05) is 30.3 Å². The molecule has 0 radical (unpaired) electrons. The fourth-order valence-corrected chi connectivity index (χ4v) is 2.99. The van der Waals surface area contributed by atoms with Crippen molar-refractivity contribution in [2.75, 3.05) is 26.2 Å². The zero-order valence-electron chi connectivity index (χ0n) is 14.4. The number of hydrogen-bond acceptors (Lipinski definition) is 3. The van der Waals surface area contributed by atoms with E-state index in [2.05, 4.69) is 17.0 Å². The van der Waals surface area contributed by atoms with Crippen molar-refractivity contribution in [3.63, 3.8) is 0 Å². The van der Waals surface area contributed by atoms with E-state index in [1.165, 1.54) is 29.8 Å². The number of ether oxygens (including phenoxy) is 1. The van der Waals surface area contributed by atoms with E-state index in [4.69, 9.17) is 4.74 Å². The molecule has 1 atom stereocenters. The van der Waals surface area contributed by atoms with Gasteiger partial charge in [0.25, 0.3) is 5.91 Å². The SMILES string of the molecule is C[C@H](Oc1ccc(F)cc1)C(=O)N1CCN(Cc2ccccc2)CC1. The number of piperazine rings is 1. The van der Waals surface area contributed by atoms with Gasteiger partial charge in [0.05, 0.1) is 0 Å². The summed E-state index contributed by atoms with van der Waals surface area (Å²) in [5.41, 5.74) is 1.29. The second-order valence-corrected chi connectivity index (χ2v) is 6.30. The van der Waals surface area contributed by atoms with Gasteiger partial charge in [-0.05, 0) is 36.8 Å². The van der Waals surface area contributed by atoms with Gasteiger partial charge in [-0.15, -0.1) is 0 Å². The van der Waals surface area contributed by atoms with E-state index in [0.717, 1.165) is 19.6 Å². The molecule has 0 saturated carbocycles. The van der Waals surface area contributed by atoms with E-state index in [0.29, 0.717) is 18.8 Å². The van der Waals surface area contributed by atoms with Crippen molar-refractivity contribution >= 4 is 5.91 Å². The van der Waals surface area contributed by atoms with Gasteiger partial charge in [0.2, 0.25) is 0 Å². The Morgan fingerprint density at radius 2 is 1.68 bits per heavy atom. The van der Waals surface area contributed by atoms with Crippen molar-refractivity contribution in [3.8, 4) is 5.75 Å². The quantitative estimate of drug-likeness (QED) is 0.838. The van der Waals surface area contributed by atoms with Crippen LogP contribution >= 0.6 is 0 Å². The Morgan fingerprint density at radius 3 is 2.32 bits per heavy atom. The molecule has 5 heteroatoms. The monoisotopic (exact) mass is 342 g/mol. The van der Waals surface area contributed by atoms with Crippen LogP contribution in [0, 0.1) is 5.82 Å². The predicted octanol–water partition coefficient (Wildman–Crippen LogP) is 2.94. The zero-order chi connectivity index (χ0) is 17.6. The number of nitrogens with zero attached hydrogens (tertiary/aromatic N) is 2. The van der Waals surface area contributed by atoms with Crippen molar-refractivity contribution in [2.24, 2.45) is 0 Å². The van der Waals surface area contributed by atoms with Crippen LogP contribution in [0.2, 0.25) is 0 Å². The molecule has 1 aliphatic rings. The molecule has 0 aliphatic carbocycles. The molecule has 0 spiro atoms. The first-order chi connectivity index (χ1) is 12.1. The Hall–Kier alpha value is -2.40. The number of rotatable bonds is 5. The summed E-state index contributed by atoms with van der Waals surface area (Å²) in [6, 6.07) is 16.1. The largest absolute Gasteiger partial charge is 0.481 e. The molecule has 1 aliphatic heterocycles. The molecule has 25 heavy (non-hydrogen) atoms. The van der Waals surface area contributed by atoms with E-state index >= 15 is 0 Å². The number of carbonyl (C=O) groups is 1. The third-order valence-corrected chi connectivity index (χ3v) is 4.41. The Labute approximate surface area is 147 Å². The van der Waals surface area contributed by atoms with Crippen LogP contribution in [-0.4, -0.2) is 48.0 Å². The maximum Gasteiger partial charge on any atom is 0.263 e. The first kappa shape index (κ1) is 17.4. The maximum absolute atomic E-state index is 12.9. The topological polar surface area (TPSA) is 32.8 Å². The van der Waals surface area contributed by atoms with Crippen LogP contribution in [0.15, 0.2) is 54.6 Å². The summed E-state index contributed by atoms with van der Waals surface area (Å²) in [6.07, 6.45) is -0.578. The van der Waals surface area contributed by atoms with E-state index < -0.39 is 6.10 Å². The molecular weight excluding hydrogens is 319 g/mol. The van der Waals surface area contributed by atoms with Crippen LogP contribution < -0.4 is 4.74 Å². The number of amides is 1. The lowest BCUT2D eigenvalue weighted by Gasteiger charge is -2.35. The molecule has 3 rings (SSSR count). The van der Waals surface area contributed by atoms with Gasteiger partial charge < -0.3 is 9.64 Å². The van der Waals surface area contributed by atoms with E-state index in [1.54, 1.807) is 6.92 Å². The van der Waals surface area contributed by atoms with Crippen LogP contribution in [0.4, 0.5) is 4.39 Å². The Kier molecular flexibility index (Phi) is 5.66. The standard InChI is InChI=1S/C20H23FN2O2/c1-16(25-19-9-7-18(21)8-10-19)20(24)23-13-11-22(12-14-23)15-17-5-3-2-4-6-17/h2-10,16H,11-15H2,1H3/t16-/m0/s1. The van der Waals surface area contributed by atoms with Gasteiger partial charge in [-0.25, -0.2) is 4.39 Å². The lowest BCUT2D eigenvalue weighted by Crippen LogP contribution is -2.51. The average Bonchev–Trinajstić information content (AvgIpc) is 2.64. The van der Waals surface area contributed by atoms with Crippen LogP contribution in [0.25, 0.3) is 0 Å². The van der Waals surface area contributed by atoms with Gasteiger partial charge in [0.1, 0.15) is 11.6 Å². The molecule has 1 fully saturated rings. The molecule has 1 amide bonds. The lowest BCUT2D eigenvalue weighted by molar-refractivity contribution is -0.139. The molecular formula is C20H23FN2O2. The third-order valence-electron chi connectivity index (χ3n) is 4.41. The second-order valence-electron chi connectivity index (χ2n) is 6.30. The molecule has 2 aromatic carbocycles. The highest BCUT2D eigenvalue weighted by atomic mass is 19.1. The summed E-state index contributed by atoms with van der Waals surface area (Å²) in [4.78, 5) is 16.7. The van der Waals surface area contributed by atoms with Gasteiger partial charge in [0, 0.05) is 32.7 Å². The molecule has 0 aromatic heterocycles. The third kappa shape index (κ3) is 4.79. The molecule has 4 nitrogen and oxygen atoms in total. The number of hydrogen-bond donors (Lipinski definition) is 0. The highest BCUT2D eigenvalue weighted by Crippen LogP contribution is 2.15. The maximum atomic E-state index is 12.9. The smallest absolute Gasteiger partial charge is 0.263 e. The van der Waals surface area contributed by atoms with Crippen LogP contribution in [-0.2, 0) is 11.3 Å². The van der Waals surface area contributed by atoms with Crippen molar-refractivity contribution in [3.05, 3.63) is 66.0 Å². The van der Waals surface area contributed by atoms with Crippen LogP contribution in [0.3, 0.4) is 0 Å². The highest BCUT2D eigenvalue weighted by Gasteiger charge is 2.26. The van der Waals surface area contributed by atoms with Gasteiger partial charge in [-0.2, -0.15) is 0 Å². The fraction of sp³-hybridized carbons (Fsp3) is 0.350. The first-order valence-corrected chi connectivity index (χ1v) is 8.59. The molecule has 1 heterocycles. The van der Waals surface area contributed by atoms with Gasteiger partial charge >= 0.3 is 0 Å². The van der Waals surface area contributed by atoms with E-state index in [1.807, 2.05) is 23.1 Å². The Bertz CT molecular complexity index is 683. The summed E-state index contributed by atoms with van der Waals surface area (Å²) in [7, 11) is 0. The second kappa shape index (κ2) is 8.12. The lowest BCUT2D eigenvalue weighted by atomic mass is 10.2. The molecule has 0 unspecified atom stereocenters. The number of benzene rings is 2. The van der Waals surface area contributed by atoms with Crippen molar-refractivity contribution in [1.29, 1.82) is 0 Å². The normalized spacial score (nSPS) is 16.5. The average molecular weight is 342 g/mol. The fourth-order valence-electron chi connectivity index (χ4n) is 2.99. The molecule has 132 valence electrons. The van der Waals surface area contributed by atoms with Crippen molar-refractivity contribution in [1.82, 2.24) is 9.80 Å². The minimum Gasteiger partial charge on any atom is -0.481 e. The molecule has 1 saturated heterocycles. The highest BCUT2D eigenvalue weighted by molar-refractivity contribution is 5.81. The minimum atomic E-state index is -0.578. The molecule has 2 aromatic rings. The summed E-state index contributed by atoms with van der Waals surface area (Å²) in [6.45, 7) is 5.74. The summed E-state index contributed by atoms with van der Waals surface area (Å²) in [5.74, 6) is 0.162. The van der Waals surface area contributed by atoms with Gasteiger partial charge in [0.15, 0.2) is 6.10 Å². The summed E-state index contributed by atoms with van der Waals surface area (Å²) in [5, 5.41) is 0. The van der Waals surface area contributed by atoms with E-state index in [-0.39, 0.29) is 11.7 Å². The number of carbonyl (C=O) groups excluding carboxylic acids is 1. The summed E-state index contributed by atoms with van der Waals surface area (Å²) < 4.78 is 18.6. The van der Waals surface area contributed by atoms with Crippen LogP contribution in [0.5, 0.6) is 5.75 Å². The van der Waals surface area contributed by atoms with Gasteiger partial charge in [-0.3, -0.25) is 9.69 Å². The zero-order valence-corrected chi connectivity index (χ0v) is 14.4.